The van der Waals surface area contributed by atoms with Crippen LogP contribution in [-0.2, 0) is 9.53 Å². The van der Waals surface area contributed by atoms with Gasteiger partial charge in [0.2, 0.25) is 11.6 Å². The molecule has 34 heavy (non-hydrogen) atoms. The van der Waals surface area contributed by atoms with Crippen molar-refractivity contribution in [2.75, 3.05) is 20.2 Å². The number of amides is 2. The summed E-state index contributed by atoms with van der Waals surface area (Å²) >= 11 is 5.96. The van der Waals surface area contributed by atoms with E-state index in [0.717, 1.165) is 18.2 Å². The molecule has 3 aromatic rings. The van der Waals surface area contributed by atoms with Gasteiger partial charge in [0.15, 0.2) is 0 Å². The van der Waals surface area contributed by atoms with E-state index in [1.54, 1.807) is 30.3 Å². The second kappa shape index (κ2) is 8.97. The first kappa shape index (κ1) is 23.5. The Hall–Kier alpha value is -3.61. The number of nitrogens with one attached hydrogen (secondary N) is 1. The van der Waals surface area contributed by atoms with Gasteiger partial charge in [-0.25, -0.2) is 8.78 Å². The topological polar surface area (TPSA) is 95.3 Å². The van der Waals surface area contributed by atoms with Crippen molar-refractivity contribution in [3.63, 3.8) is 0 Å². The van der Waals surface area contributed by atoms with Crippen LogP contribution in [-0.4, -0.2) is 53.5 Å². The van der Waals surface area contributed by atoms with Crippen molar-refractivity contribution in [3.8, 4) is 17.2 Å². The molecule has 0 radical (unpaired) electrons. The molecule has 2 aromatic carbocycles. The number of hydrogen-bond acceptors (Lipinski definition) is 5. The number of rotatable bonds is 5. The lowest BCUT2D eigenvalue weighted by atomic mass is 10.0. The number of carbonyl (C=O) groups is 2. The van der Waals surface area contributed by atoms with Crippen LogP contribution in [0.25, 0.3) is 22.0 Å². The standard InChI is InChI=1S/C24H19ClF2N4O3/c1-34-24(13-28)12-23(26,27)14-31(24)21(32)11-30-22(33)18-8-9-29-20-7-4-16(10-19(18)20)15-2-5-17(25)6-3-15/h2-10H,11-12,14H2,1H3,(H,30,33). The summed E-state index contributed by atoms with van der Waals surface area (Å²) in [7, 11) is 1.09. The maximum Gasteiger partial charge on any atom is 0.271 e. The molecule has 0 aliphatic carbocycles. The van der Waals surface area contributed by atoms with Gasteiger partial charge >= 0.3 is 0 Å². The molecule has 7 nitrogen and oxygen atoms in total. The van der Waals surface area contributed by atoms with E-state index in [2.05, 4.69) is 10.3 Å². The Balaban J connectivity index is 1.56. The number of pyridine rings is 1. The molecule has 0 bridgehead atoms. The van der Waals surface area contributed by atoms with Gasteiger partial charge in [0, 0.05) is 23.7 Å². The molecule has 2 amide bonds. The number of fused-ring (bicyclic) bond motifs is 1. The van der Waals surface area contributed by atoms with Gasteiger partial charge in [-0.05, 0) is 41.5 Å². The van der Waals surface area contributed by atoms with Crippen LogP contribution in [0.15, 0.2) is 54.7 Å². The summed E-state index contributed by atoms with van der Waals surface area (Å²) in [5.74, 6) is -4.71. The number of nitriles is 1. The third-order valence-corrected chi connectivity index (χ3v) is 5.95. The third-order valence-electron chi connectivity index (χ3n) is 5.70. The summed E-state index contributed by atoms with van der Waals surface area (Å²) in [6, 6.07) is 15.8. The lowest BCUT2D eigenvalue weighted by Gasteiger charge is -2.29. The molecule has 1 N–H and O–H groups in total. The van der Waals surface area contributed by atoms with Crippen LogP contribution in [0.3, 0.4) is 0 Å². The number of carbonyl (C=O) groups excluding carboxylic acids is 2. The van der Waals surface area contributed by atoms with Gasteiger partial charge < -0.3 is 10.1 Å². The molecule has 1 fully saturated rings. The Morgan fingerprint density at radius 2 is 1.91 bits per heavy atom. The Bertz CT molecular complexity index is 1310. The number of hydrogen-bond donors (Lipinski definition) is 1. The highest BCUT2D eigenvalue weighted by Gasteiger charge is 2.58. The molecule has 1 aliphatic heterocycles. The van der Waals surface area contributed by atoms with E-state index in [1.807, 2.05) is 18.2 Å². The Morgan fingerprint density at radius 1 is 1.21 bits per heavy atom. The van der Waals surface area contributed by atoms with Crippen molar-refractivity contribution in [1.29, 1.82) is 5.26 Å². The number of benzene rings is 2. The van der Waals surface area contributed by atoms with Gasteiger partial charge in [-0.2, -0.15) is 5.26 Å². The molecule has 1 aliphatic rings. The minimum Gasteiger partial charge on any atom is -0.346 e. The monoisotopic (exact) mass is 484 g/mol. The lowest BCUT2D eigenvalue weighted by molar-refractivity contribution is -0.147. The minimum absolute atomic E-state index is 0.263. The van der Waals surface area contributed by atoms with Crippen molar-refractivity contribution in [2.45, 2.75) is 18.1 Å². The number of likely N-dealkylation sites (tertiary alicyclic amines) is 1. The number of nitrogens with zero attached hydrogens (tertiary/aromatic N) is 3. The largest absolute Gasteiger partial charge is 0.346 e. The second-order valence-electron chi connectivity index (χ2n) is 7.89. The number of alkyl halides is 2. The average molecular weight is 485 g/mol. The smallest absolute Gasteiger partial charge is 0.271 e. The van der Waals surface area contributed by atoms with Gasteiger partial charge in [-0.15, -0.1) is 0 Å². The highest BCUT2D eigenvalue weighted by Crippen LogP contribution is 2.39. The van der Waals surface area contributed by atoms with Gasteiger partial charge in [0.05, 0.1) is 30.6 Å². The van der Waals surface area contributed by atoms with Gasteiger partial charge in [0.25, 0.3) is 11.8 Å². The summed E-state index contributed by atoms with van der Waals surface area (Å²) in [6.07, 6.45) is 0.531. The molecule has 2 heterocycles. The molecule has 1 atom stereocenters. The van der Waals surface area contributed by atoms with E-state index in [1.165, 1.54) is 12.3 Å². The van der Waals surface area contributed by atoms with Gasteiger partial charge in [-0.3, -0.25) is 19.5 Å². The van der Waals surface area contributed by atoms with E-state index in [4.69, 9.17) is 16.3 Å². The SMILES string of the molecule is COC1(C#N)CC(F)(F)CN1C(=O)CNC(=O)c1ccnc2ccc(-c3ccc(Cl)cc3)cc12. The van der Waals surface area contributed by atoms with Crippen molar-refractivity contribution in [1.82, 2.24) is 15.2 Å². The summed E-state index contributed by atoms with van der Waals surface area (Å²) in [5, 5.41) is 13.0. The van der Waals surface area contributed by atoms with Crippen LogP contribution in [0.2, 0.25) is 5.02 Å². The van der Waals surface area contributed by atoms with Crippen molar-refractivity contribution >= 4 is 34.3 Å². The van der Waals surface area contributed by atoms with E-state index < -0.39 is 43.0 Å². The predicted octanol–water partition coefficient (Wildman–Crippen LogP) is 4.02. The van der Waals surface area contributed by atoms with Gasteiger partial charge in [-0.1, -0.05) is 29.8 Å². The van der Waals surface area contributed by atoms with Crippen LogP contribution in [0.4, 0.5) is 8.78 Å². The van der Waals surface area contributed by atoms with E-state index >= 15 is 0 Å². The normalized spacial score (nSPS) is 19.1. The molecular formula is C24H19ClF2N4O3. The average Bonchev–Trinajstić information content (AvgIpc) is 3.13. The molecule has 1 saturated heterocycles. The first-order valence-electron chi connectivity index (χ1n) is 10.3. The number of halogens is 3. The fourth-order valence-corrected chi connectivity index (χ4v) is 4.12. The first-order valence-corrected chi connectivity index (χ1v) is 10.6. The first-order chi connectivity index (χ1) is 16.2. The maximum atomic E-state index is 13.9. The van der Waals surface area contributed by atoms with Crippen molar-refractivity contribution in [3.05, 3.63) is 65.3 Å². The quantitative estimate of drug-likeness (QED) is 0.590. The van der Waals surface area contributed by atoms with Crippen molar-refractivity contribution in [2.24, 2.45) is 0 Å². The Kier molecular flexibility index (Phi) is 6.21. The highest BCUT2D eigenvalue weighted by atomic mass is 35.5. The Morgan fingerprint density at radius 3 is 2.59 bits per heavy atom. The van der Waals surface area contributed by atoms with Crippen LogP contribution in [0.5, 0.6) is 0 Å². The fraction of sp³-hybridized carbons (Fsp3) is 0.250. The highest BCUT2D eigenvalue weighted by molar-refractivity contribution is 6.30. The zero-order valence-corrected chi connectivity index (χ0v) is 18.8. The number of aromatic nitrogens is 1. The predicted molar refractivity (Wildman–Crippen MR) is 121 cm³/mol. The zero-order valence-electron chi connectivity index (χ0n) is 18.0. The van der Waals surface area contributed by atoms with E-state index in [-0.39, 0.29) is 5.56 Å². The molecule has 1 aromatic heterocycles. The fourth-order valence-electron chi connectivity index (χ4n) is 3.99. The van der Waals surface area contributed by atoms with Gasteiger partial charge in [0.1, 0.15) is 6.07 Å². The minimum atomic E-state index is -3.27. The molecule has 4 rings (SSSR count). The van der Waals surface area contributed by atoms with Crippen LogP contribution in [0.1, 0.15) is 16.8 Å². The van der Waals surface area contributed by atoms with E-state index in [9.17, 15) is 23.6 Å². The van der Waals surface area contributed by atoms with Crippen LogP contribution < -0.4 is 5.32 Å². The number of methoxy groups -OCH3 is 1. The molecule has 0 saturated carbocycles. The molecule has 174 valence electrons. The summed E-state index contributed by atoms with van der Waals surface area (Å²) in [4.78, 5) is 30.5. The maximum absolute atomic E-state index is 13.9. The van der Waals surface area contributed by atoms with E-state index in [0.29, 0.717) is 20.8 Å². The second-order valence-corrected chi connectivity index (χ2v) is 8.33. The summed E-state index contributed by atoms with van der Waals surface area (Å²) < 4.78 is 32.8. The zero-order chi connectivity index (χ0) is 24.5. The van der Waals surface area contributed by atoms with Crippen LogP contribution in [0, 0.1) is 11.3 Å². The molecular weight excluding hydrogens is 466 g/mol. The van der Waals surface area contributed by atoms with Crippen molar-refractivity contribution < 1.29 is 23.1 Å². The lowest BCUT2D eigenvalue weighted by Crippen LogP contribution is -2.51. The summed E-state index contributed by atoms with van der Waals surface area (Å²) in [5.41, 5.74) is 0.472. The molecule has 0 spiro atoms. The molecule has 1 unspecified atom stereocenters. The van der Waals surface area contributed by atoms with Crippen LogP contribution >= 0.6 is 11.6 Å². The summed E-state index contributed by atoms with van der Waals surface area (Å²) in [6.45, 7) is -1.55. The molecule has 10 heteroatoms. The number of ether oxygens (including phenoxy) is 1. The third kappa shape index (κ3) is 4.42. The Labute approximate surface area is 198 Å².